The first kappa shape index (κ1) is 31.8. The zero-order valence-electron chi connectivity index (χ0n) is 26.9. The van der Waals surface area contributed by atoms with Crippen molar-refractivity contribution in [1.82, 2.24) is 15.2 Å². The van der Waals surface area contributed by atoms with Gasteiger partial charge in [0.05, 0.1) is 43.9 Å². The van der Waals surface area contributed by atoms with Crippen LogP contribution in [0.25, 0.3) is 21.9 Å². The molecular weight excluding hydrogens is 564 g/mol. The van der Waals surface area contributed by atoms with Gasteiger partial charge in [-0.1, -0.05) is 63.7 Å². The number of likely N-dealkylation sites (N-methyl/N-ethyl adjacent to an activating group) is 1. The number of carbonyl (C=O) groups excluding carboxylic acids is 1. The van der Waals surface area contributed by atoms with E-state index < -0.39 is 0 Å². The molecule has 1 fully saturated rings. The minimum atomic E-state index is -0.136. The zero-order valence-corrected chi connectivity index (χ0v) is 26.9. The van der Waals surface area contributed by atoms with Crippen molar-refractivity contribution in [2.75, 3.05) is 63.0 Å². The van der Waals surface area contributed by atoms with Gasteiger partial charge in [-0.3, -0.25) is 14.7 Å². The van der Waals surface area contributed by atoms with E-state index in [4.69, 9.17) is 14.5 Å². The molecular formula is C36H44N6O3. The summed E-state index contributed by atoms with van der Waals surface area (Å²) >= 11 is 0. The summed E-state index contributed by atoms with van der Waals surface area (Å²) in [6.45, 7) is 15.1. The molecule has 0 radical (unpaired) electrons. The van der Waals surface area contributed by atoms with Crippen molar-refractivity contribution < 1.29 is 14.3 Å². The van der Waals surface area contributed by atoms with Crippen molar-refractivity contribution in [3.8, 4) is 16.9 Å². The highest BCUT2D eigenvalue weighted by molar-refractivity contribution is 6.03. The highest BCUT2D eigenvalue weighted by Gasteiger charge is 2.21. The van der Waals surface area contributed by atoms with Gasteiger partial charge >= 0.3 is 0 Å². The topological polar surface area (TPSA) is 99.8 Å². The second kappa shape index (κ2) is 14.0. The molecule has 4 aromatic rings. The maximum Gasteiger partial charge on any atom is 0.239 e. The molecule has 1 aliphatic heterocycles. The second-order valence-corrected chi connectivity index (χ2v) is 12.2. The first-order chi connectivity index (χ1) is 21.7. The summed E-state index contributed by atoms with van der Waals surface area (Å²) in [5, 5.41) is 15.0. The number of amides is 1. The Labute approximate surface area is 266 Å². The molecule has 0 atom stereocenters. The van der Waals surface area contributed by atoms with Gasteiger partial charge in [-0.15, -0.1) is 0 Å². The third-order valence-electron chi connectivity index (χ3n) is 8.00. The SMILES string of the molecule is C=C(Nc1cc(C(C)(C)C)cc(NCC(=O)NC)c1OC)Nc1ccc(-c2ccc(CN3CCOCC3)nc2)c2ccccc12. The molecule has 3 aromatic carbocycles. The highest BCUT2D eigenvalue weighted by Crippen LogP contribution is 2.40. The number of methoxy groups -OCH3 is 1. The molecule has 4 N–H and O–H groups in total. The summed E-state index contributed by atoms with van der Waals surface area (Å²) in [6.07, 6.45) is 1.97. The van der Waals surface area contributed by atoms with E-state index in [-0.39, 0.29) is 17.9 Å². The van der Waals surface area contributed by atoms with Gasteiger partial charge in [0, 0.05) is 49.5 Å². The van der Waals surface area contributed by atoms with Crippen LogP contribution in [0.5, 0.6) is 5.75 Å². The normalized spacial score (nSPS) is 13.7. The van der Waals surface area contributed by atoms with Crippen LogP contribution in [-0.4, -0.2) is 62.8 Å². The van der Waals surface area contributed by atoms with E-state index >= 15 is 0 Å². The molecule has 1 amide bonds. The Morgan fingerprint density at radius 1 is 0.978 bits per heavy atom. The van der Waals surface area contributed by atoms with Crippen LogP contribution >= 0.6 is 0 Å². The van der Waals surface area contributed by atoms with Gasteiger partial charge in [0.2, 0.25) is 5.91 Å². The Balaban J connectivity index is 1.38. The summed E-state index contributed by atoms with van der Waals surface area (Å²) in [5.41, 5.74) is 6.58. The third-order valence-corrected chi connectivity index (χ3v) is 8.00. The summed E-state index contributed by atoms with van der Waals surface area (Å²) in [6, 6.07) is 20.9. The van der Waals surface area contributed by atoms with Crippen molar-refractivity contribution in [3.05, 3.63) is 90.5 Å². The second-order valence-electron chi connectivity index (χ2n) is 12.2. The summed E-state index contributed by atoms with van der Waals surface area (Å²) in [4.78, 5) is 19.1. The number of nitrogens with one attached hydrogen (secondary N) is 4. The number of aromatic nitrogens is 1. The molecule has 45 heavy (non-hydrogen) atoms. The lowest BCUT2D eigenvalue weighted by molar-refractivity contribution is -0.118. The van der Waals surface area contributed by atoms with E-state index in [9.17, 15) is 4.79 Å². The Morgan fingerprint density at radius 3 is 2.36 bits per heavy atom. The van der Waals surface area contributed by atoms with E-state index in [1.54, 1.807) is 14.2 Å². The van der Waals surface area contributed by atoms with Crippen LogP contribution in [0.1, 0.15) is 32.0 Å². The van der Waals surface area contributed by atoms with E-state index in [2.05, 4.69) is 102 Å². The summed E-state index contributed by atoms with van der Waals surface area (Å²) < 4.78 is 11.3. The van der Waals surface area contributed by atoms with Gasteiger partial charge in [-0.05, 0) is 46.2 Å². The van der Waals surface area contributed by atoms with Crippen molar-refractivity contribution in [1.29, 1.82) is 0 Å². The number of morpholine rings is 1. The minimum Gasteiger partial charge on any atom is -0.492 e. The summed E-state index contributed by atoms with van der Waals surface area (Å²) in [7, 11) is 3.24. The standard InChI is InChI=1S/C36H44N6O3/c1-24(41-33-20-26(36(2,3)4)19-32(35(33)44-6)39-22-34(43)37-5)40-31-14-13-28(29-9-7-8-10-30(29)31)25-11-12-27(38-21-25)23-42-15-17-45-18-16-42/h7-14,19-21,39-41H,1,15-18,22-23H2,2-6H3,(H,37,43). The number of anilines is 3. The number of rotatable bonds is 11. The molecule has 0 unspecified atom stereocenters. The van der Waals surface area contributed by atoms with Crippen molar-refractivity contribution >= 4 is 33.7 Å². The smallest absolute Gasteiger partial charge is 0.239 e. The van der Waals surface area contributed by atoms with E-state index in [0.29, 0.717) is 11.6 Å². The molecule has 0 spiro atoms. The number of carbonyl (C=O) groups is 1. The molecule has 1 saturated heterocycles. The van der Waals surface area contributed by atoms with Crippen LogP contribution in [0.3, 0.4) is 0 Å². The lowest BCUT2D eigenvalue weighted by Crippen LogP contribution is -2.35. The first-order valence-corrected chi connectivity index (χ1v) is 15.3. The van der Waals surface area contributed by atoms with Crippen LogP contribution in [0.4, 0.5) is 17.1 Å². The molecule has 0 saturated carbocycles. The molecule has 0 aliphatic carbocycles. The predicted molar refractivity (Wildman–Crippen MR) is 184 cm³/mol. The van der Waals surface area contributed by atoms with Crippen LogP contribution < -0.4 is 26.0 Å². The average Bonchev–Trinajstić information content (AvgIpc) is 3.04. The fraction of sp³-hybridized carbons (Fsp3) is 0.333. The average molecular weight is 609 g/mol. The van der Waals surface area contributed by atoms with Crippen LogP contribution in [0.2, 0.25) is 0 Å². The van der Waals surface area contributed by atoms with E-state index in [0.717, 1.165) is 83.1 Å². The first-order valence-electron chi connectivity index (χ1n) is 15.3. The van der Waals surface area contributed by atoms with Crippen LogP contribution in [0, 0.1) is 0 Å². The van der Waals surface area contributed by atoms with E-state index in [1.807, 2.05) is 18.3 Å². The fourth-order valence-corrected chi connectivity index (χ4v) is 5.45. The number of hydrogen-bond acceptors (Lipinski definition) is 8. The quantitative estimate of drug-likeness (QED) is 0.160. The number of nitrogens with zero attached hydrogens (tertiary/aromatic N) is 2. The Kier molecular flexibility index (Phi) is 9.90. The molecule has 5 rings (SSSR count). The molecule has 2 heterocycles. The van der Waals surface area contributed by atoms with Gasteiger partial charge in [0.25, 0.3) is 0 Å². The van der Waals surface area contributed by atoms with Crippen LogP contribution in [0.15, 0.2) is 79.3 Å². The van der Waals surface area contributed by atoms with Crippen molar-refractivity contribution in [3.63, 3.8) is 0 Å². The van der Waals surface area contributed by atoms with Gasteiger partial charge in [0.1, 0.15) is 5.82 Å². The molecule has 1 aromatic heterocycles. The number of pyridine rings is 1. The number of hydrogen-bond donors (Lipinski definition) is 4. The lowest BCUT2D eigenvalue weighted by Gasteiger charge is -2.26. The highest BCUT2D eigenvalue weighted by atomic mass is 16.5. The van der Waals surface area contributed by atoms with Crippen molar-refractivity contribution in [2.45, 2.75) is 32.7 Å². The molecule has 236 valence electrons. The number of ether oxygens (including phenoxy) is 2. The van der Waals surface area contributed by atoms with Crippen LogP contribution in [-0.2, 0) is 21.5 Å². The Hall–Kier alpha value is -4.60. The van der Waals surface area contributed by atoms with Gasteiger partial charge < -0.3 is 30.7 Å². The van der Waals surface area contributed by atoms with Gasteiger partial charge in [0.15, 0.2) is 5.75 Å². The maximum absolute atomic E-state index is 12.0. The monoisotopic (exact) mass is 608 g/mol. The molecule has 9 nitrogen and oxygen atoms in total. The largest absolute Gasteiger partial charge is 0.492 e. The summed E-state index contributed by atoms with van der Waals surface area (Å²) in [5.74, 6) is 1.07. The Bertz CT molecular complexity index is 1660. The molecule has 1 aliphatic rings. The lowest BCUT2D eigenvalue weighted by atomic mass is 9.86. The van der Waals surface area contributed by atoms with E-state index in [1.165, 1.54) is 0 Å². The minimum absolute atomic E-state index is 0.117. The predicted octanol–water partition coefficient (Wildman–Crippen LogP) is 6.19. The Morgan fingerprint density at radius 2 is 1.69 bits per heavy atom. The van der Waals surface area contributed by atoms with Gasteiger partial charge in [-0.25, -0.2) is 0 Å². The maximum atomic E-state index is 12.0. The number of fused-ring (bicyclic) bond motifs is 1. The molecule has 9 heteroatoms. The zero-order chi connectivity index (χ0) is 32.0. The fourth-order valence-electron chi connectivity index (χ4n) is 5.45. The number of benzene rings is 3. The third kappa shape index (κ3) is 7.74. The van der Waals surface area contributed by atoms with Crippen molar-refractivity contribution in [2.24, 2.45) is 0 Å². The molecule has 0 bridgehead atoms. The van der Waals surface area contributed by atoms with Gasteiger partial charge in [-0.2, -0.15) is 0 Å².